The first kappa shape index (κ1) is 13.9. The summed E-state index contributed by atoms with van der Waals surface area (Å²) in [6.07, 6.45) is 4.91. The Labute approximate surface area is 124 Å². The fourth-order valence-corrected chi connectivity index (χ4v) is 2.46. The summed E-state index contributed by atoms with van der Waals surface area (Å²) in [7, 11) is 1.94. The maximum atomic E-state index is 5.61. The minimum absolute atomic E-state index is 0.302. The van der Waals surface area contributed by atoms with E-state index in [4.69, 9.17) is 9.47 Å². The van der Waals surface area contributed by atoms with Crippen LogP contribution in [0.2, 0.25) is 0 Å². The molecule has 1 aliphatic rings. The molecule has 0 fully saturated rings. The lowest BCUT2D eigenvalue weighted by Gasteiger charge is -2.19. The summed E-state index contributed by atoms with van der Waals surface area (Å²) in [5, 5.41) is 7.71. The zero-order chi connectivity index (χ0) is 14.7. The van der Waals surface area contributed by atoms with Crippen molar-refractivity contribution in [2.24, 2.45) is 7.05 Å². The Bertz CT molecular complexity index is 609. The average Bonchev–Trinajstić information content (AvgIpc) is 2.94. The molecule has 0 spiro atoms. The van der Waals surface area contributed by atoms with Gasteiger partial charge in [-0.1, -0.05) is 6.07 Å². The Morgan fingerprint density at radius 3 is 2.86 bits per heavy atom. The molecule has 5 heteroatoms. The van der Waals surface area contributed by atoms with Crippen LogP contribution in [0.25, 0.3) is 0 Å². The molecule has 0 saturated carbocycles. The molecule has 0 saturated heterocycles. The minimum atomic E-state index is 0.302. The van der Waals surface area contributed by atoms with Crippen LogP contribution in [-0.2, 0) is 13.5 Å². The van der Waals surface area contributed by atoms with E-state index in [0.717, 1.165) is 24.5 Å². The second-order valence-electron chi connectivity index (χ2n) is 5.35. The SMILES string of the molecule is CC(NCCc1ccc2c(c1)OCCO2)c1cnn(C)c1. The lowest BCUT2D eigenvalue weighted by atomic mass is 10.1. The van der Waals surface area contributed by atoms with Crippen LogP contribution in [-0.4, -0.2) is 29.5 Å². The van der Waals surface area contributed by atoms with Crippen molar-refractivity contribution in [3.05, 3.63) is 41.7 Å². The molecule has 3 rings (SSSR count). The second kappa shape index (κ2) is 6.18. The number of hydrogen-bond acceptors (Lipinski definition) is 4. The molecule has 0 bridgehead atoms. The predicted molar refractivity (Wildman–Crippen MR) is 80.8 cm³/mol. The fraction of sp³-hybridized carbons (Fsp3) is 0.438. The predicted octanol–water partition coefficient (Wildman–Crippen LogP) is 2.08. The molecule has 1 aromatic heterocycles. The molecule has 1 atom stereocenters. The maximum Gasteiger partial charge on any atom is 0.161 e. The molecule has 1 aliphatic heterocycles. The van der Waals surface area contributed by atoms with Gasteiger partial charge < -0.3 is 14.8 Å². The first-order valence-electron chi connectivity index (χ1n) is 7.33. The Morgan fingerprint density at radius 1 is 1.29 bits per heavy atom. The Hall–Kier alpha value is -2.01. The largest absolute Gasteiger partial charge is 0.486 e. The number of ether oxygens (including phenoxy) is 2. The zero-order valence-electron chi connectivity index (χ0n) is 12.5. The summed E-state index contributed by atoms with van der Waals surface area (Å²) in [4.78, 5) is 0. The normalized spacial score (nSPS) is 15.0. The quantitative estimate of drug-likeness (QED) is 0.915. The summed E-state index contributed by atoms with van der Waals surface area (Å²) in [6.45, 7) is 4.33. The van der Waals surface area contributed by atoms with Crippen molar-refractivity contribution >= 4 is 0 Å². The smallest absolute Gasteiger partial charge is 0.161 e. The van der Waals surface area contributed by atoms with E-state index in [-0.39, 0.29) is 0 Å². The molecule has 0 radical (unpaired) electrons. The van der Waals surface area contributed by atoms with Gasteiger partial charge in [0.2, 0.25) is 0 Å². The lowest BCUT2D eigenvalue weighted by molar-refractivity contribution is 0.171. The Morgan fingerprint density at radius 2 is 2.10 bits per heavy atom. The van der Waals surface area contributed by atoms with Crippen molar-refractivity contribution in [1.29, 1.82) is 0 Å². The van der Waals surface area contributed by atoms with Gasteiger partial charge in [-0.25, -0.2) is 0 Å². The first-order chi connectivity index (χ1) is 10.2. The van der Waals surface area contributed by atoms with Crippen molar-refractivity contribution in [2.45, 2.75) is 19.4 Å². The number of nitrogens with one attached hydrogen (secondary N) is 1. The van der Waals surface area contributed by atoms with Crippen molar-refractivity contribution in [1.82, 2.24) is 15.1 Å². The van der Waals surface area contributed by atoms with E-state index in [1.807, 2.05) is 30.2 Å². The summed E-state index contributed by atoms with van der Waals surface area (Å²) in [5.41, 5.74) is 2.46. The van der Waals surface area contributed by atoms with Crippen LogP contribution in [0.5, 0.6) is 11.5 Å². The summed E-state index contributed by atoms with van der Waals surface area (Å²) in [5.74, 6) is 1.71. The van der Waals surface area contributed by atoms with Gasteiger partial charge in [0.05, 0.1) is 6.20 Å². The van der Waals surface area contributed by atoms with Gasteiger partial charge in [-0.3, -0.25) is 4.68 Å². The number of rotatable bonds is 5. The van der Waals surface area contributed by atoms with Gasteiger partial charge in [0, 0.05) is 24.8 Å². The van der Waals surface area contributed by atoms with Crippen molar-refractivity contribution in [2.75, 3.05) is 19.8 Å². The van der Waals surface area contributed by atoms with Crippen molar-refractivity contribution < 1.29 is 9.47 Å². The standard InChI is InChI=1S/C16H21N3O2/c1-12(14-10-18-19(2)11-14)17-6-5-13-3-4-15-16(9-13)21-8-7-20-15/h3-4,9-12,17H,5-8H2,1-2H3. The second-order valence-corrected chi connectivity index (χ2v) is 5.35. The molecule has 0 aliphatic carbocycles. The third kappa shape index (κ3) is 3.36. The van der Waals surface area contributed by atoms with E-state index in [1.54, 1.807) is 0 Å². The van der Waals surface area contributed by atoms with Crippen LogP contribution in [0, 0.1) is 0 Å². The third-order valence-corrected chi connectivity index (χ3v) is 3.70. The summed E-state index contributed by atoms with van der Waals surface area (Å²) < 4.78 is 13.0. The van der Waals surface area contributed by atoms with E-state index in [1.165, 1.54) is 11.1 Å². The first-order valence-corrected chi connectivity index (χ1v) is 7.33. The highest BCUT2D eigenvalue weighted by Gasteiger charge is 2.12. The number of aryl methyl sites for hydroxylation is 1. The van der Waals surface area contributed by atoms with E-state index in [0.29, 0.717) is 19.3 Å². The molecular formula is C16H21N3O2. The summed E-state index contributed by atoms with van der Waals surface area (Å²) >= 11 is 0. The van der Waals surface area contributed by atoms with Crippen LogP contribution in [0.15, 0.2) is 30.6 Å². The van der Waals surface area contributed by atoms with Gasteiger partial charge in [0.1, 0.15) is 13.2 Å². The number of hydrogen-bond donors (Lipinski definition) is 1. The van der Waals surface area contributed by atoms with Gasteiger partial charge in [-0.2, -0.15) is 5.10 Å². The highest BCUT2D eigenvalue weighted by molar-refractivity contribution is 5.43. The zero-order valence-corrected chi connectivity index (χ0v) is 12.5. The number of fused-ring (bicyclic) bond motifs is 1. The highest BCUT2D eigenvalue weighted by Crippen LogP contribution is 2.30. The van der Waals surface area contributed by atoms with Crippen LogP contribution in [0.3, 0.4) is 0 Å². The van der Waals surface area contributed by atoms with E-state index in [9.17, 15) is 0 Å². The molecule has 1 aromatic carbocycles. The highest BCUT2D eigenvalue weighted by atomic mass is 16.6. The van der Waals surface area contributed by atoms with E-state index in [2.05, 4.69) is 29.5 Å². The fourth-order valence-electron chi connectivity index (χ4n) is 2.46. The van der Waals surface area contributed by atoms with Crippen LogP contribution < -0.4 is 14.8 Å². The van der Waals surface area contributed by atoms with E-state index >= 15 is 0 Å². The molecule has 2 heterocycles. The molecular weight excluding hydrogens is 266 g/mol. The van der Waals surface area contributed by atoms with Crippen molar-refractivity contribution in [3.8, 4) is 11.5 Å². The molecule has 1 unspecified atom stereocenters. The van der Waals surface area contributed by atoms with Crippen molar-refractivity contribution in [3.63, 3.8) is 0 Å². The Balaban J connectivity index is 1.53. The molecule has 1 N–H and O–H groups in total. The molecule has 2 aromatic rings. The molecule has 5 nitrogen and oxygen atoms in total. The van der Waals surface area contributed by atoms with Gasteiger partial charge >= 0.3 is 0 Å². The number of benzene rings is 1. The maximum absolute atomic E-state index is 5.61. The minimum Gasteiger partial charge on any atom is -0.486 e. The van der Waals surface area contributed by atoms with Gasteiger partial charge in [-0.15, -0.1) is 0 Å². The molecule has 21 heavy (non-hydrogen) atoms. The number of nitrogens with zero attached hydrogens (tertiary/aromatic N) is 2. The van der Waals surface area contributed by atoms with Gasteiger partial charge in [0.25, 0.3) is 0 Å². The summed E-state index contributed by atoms with van der Waals surface area (Å²) in [6, 6.07) is 6.47. The Kier molecular flexibility index (Phi) is 4.10. The lowest BCUT2D eigenvalue weighted by Crippen LogP contribution is -2.21. The number of aromatic nitrogens is 2. The molecule has 0 amide bonds. The molecule has 112 valence electrons. The third-order valence-electron chi connectivity index (χ3n) is 3.70. The van der Waals surface area contributed by atoms with Crippen LogP contribution in [0.4, 0.5) is 0 Å². The monoisotopic (exact) mass is 287 g/mol. The van der Waals surface area contributed by atoms with E-state index < -0.39 is 0 Å². The average molecular weight is 287 g/mol. The van der Waals surface area contributed by atoms with Gasteiger partial charge in [-0.05, 0) is 37.6 Å². The topological polar surface area (TPSA) is 48.3 Å². The van der Waals surface area contributed by atoms with Gasteiger partial charge in [0.15, 0.2) is 11.5 Å². The van der Waals surface area contributed by atoms with Crippen LogP contribution >= 0.6 is 0 Å². The van der Waals surface area contributed by atoms with Crippen LogP contribution in [0.1, 0.15) is 24.1 Å².